The largest absolute Gasteiger partial charge is 0.744 e. The summed E-state index contributed by atoms with van der Waals surface area (Å²) in [5, 5.41) is 37.3. The Labute approximate surface area is 650 Å². The van der Waals surface area contributed by atoms with Crippen LogP contribution in [0.1, 0.15) is 54.3 Å². The fourth-order valence-corrected chi connectivity index (χ4v) is 14.8. The minimum atomic E-state index is -5.48. The predicted octanol–water partition coefficient (Wildman–Crippen LogP) is 2.82. The third-order valence-electron chi connectivity index (χ3n) is 15.2. The summed E-state index contributed by atoms with van der Waals surface area (Å²) in [6, 6.07) is 10.4. The second-order valence-corrected chi connectivity index (χ2v) is 29.3. The Morgan fingerprint density at radius 1 is 0.554 bits per heavy atom. The van der Waals surface area contributed by atoms with E-state index in [1.807, 2.05) is 0 Å². The number of anilines is 2. The first-order valence-electron chi connectivity index (χ1n) is 31.5. The number of azide groups is 2. The van der Waals surface area contributed by atoms with Crippen molar-refractivity contribution < 1.29 is 144 Å². The molecule has 5 aliphatic rings. The standard InChI is InChI=1S/C29H28Cl2N6O13S2.C25H15Cl2N3O13S2.C8H18N4O3/c30-17-13-16(28(38)35-5-7-47-9-11-49-12-10-48-8-6-36-37-34)23(31)22(29(39)40)21(17)20-14-1-3-18(32)26(51(41,42)43)24(14)50-25-15(20)2-4-19(33)27(25)52(44,45)46;26-11-7-10(25(35)43-30-14(31)5-6-15(30)32)19(27)18(24(33)34)17(11)16-8-1-3-12(28)22(44(36,37)38)20(8)42-21-9(16)2-4-13(29)23(21)45(39,40)41;9-1-3-13-5-7-15-8-6-14-4-2-11-12-10/h1-4,13,32H,5-12,33H2,(H,35,38)(H,39,40)(H,41,42,43)(H,44,45,46);1-4,7,28H,5-6,29H2,(H,33,34)(H,36,37,38)(H,39,40,41);1-9H2. The van der Waals surface area contributed by atoms with Crippen LogP contribution in [0.3, 0.4) is 0 Å². The lowest BCUT2D eigenvalue weighted by molar-refractivity contribution is -0.177. The summed E-state index contributed by atoms with van der Waals surface area (Å²) in [5.74, 6) is -9.19. The van der Waals surface area contributed by atoms with Gasteiger partial charge in [-0.2, -0.15) is 16.8 Å². The number of nitrogens with zero attached hydrogens (tertiary/aromatic N) is 7. The van der Waals surface area contributed by atoms with Gasteiger partial charge in [-0.1, -0.05) is 56.6 Å². The van der Waals surface area contributed by atoms with Crippen LogP contribution in [0.25, 0.3) is 87.7 Å². The topological polar surface area (TPSA) is 699 Å². The molecule has 3 amide bonds. The van der Waals surface area contributed by atoms with Crippen molar-refractivity contribution in [3.8, 4) is 44.9 Å². The molecule has 3 heterocycles. The first-order valence-corrected chi connectivity index (χ1v) is 38.7. The maximum absolute atomic E-state index is 13.1. The number of ether oxygens (including phenoxy) is 6. The zero-order valence-electron chi connectivity index (χ0n) is 57.2. The Bertz CT molecular complexity index is 5670. The summed E-state index contributed by atoms with van der Waals surface area (Å²) in [4.78, 5) is 81.0. The molecular formula is C62H61Cl4N13O29S4. The fraction of sp³-hybridized carbons (Fsp3) is 0.290. The number of hydrogen-bond donors (Lipinski definition) is 10. The zero-order valence-corrected chi connectivity index (χ0v) is 63.4. The van der Waals surface area contributed by atoms with E-state index < -0.39 is 194 Å². The van der Waals surface area contributed by atoms with Crippen LogP contribution in [-0.2, 0) is 83.3 Å². The summed E-state index contributed by atoms with van der Waals surface area (Å²) in [7, 11) is -21.4. The molecule has 2 aliphatic carbocycles. The number of hydrogen-bond acceptors (Lipinski definition) is 30. The number of carboxylic acid groups (broad SMARTS) is 2. The van der Waals surface area contributed by atoms with Crippen molar-refractivity contribution in [1.82, 2.24) is 10.4 Å². The molecule has 0 aromatic heterocycles. The van der Waals surface area contributed by atoms with Crippen LogP contribution in [0.5, 0.6) is 0 Å². The average Bonchev–Trinajstić information content (AvgIpc) is 0.750. The van der Waals surface area contributed by atoms with Crippen molar-refractivity contribution in [3.63, 3.8) is 0 Å². The van der Waals surface area contributed by atoms with Gasteiger partial charge in [0.15, 0.2) is 22.7 Å². The third-order valence-corrected chi connectivity index (χ3v) is 20.3. The lowest BCUT2D eigenvalue weighted by Gasteiger charge is -2.22. The molecule has 1 saturated heterocycles. The number of nitrogen functional groups attached to an aromatic ring is 2. The van der Waals surface area contributed by atoms with Crippen LogP contribution in [0.15, 0.2) is 99.3 Å². The zero-order chi connectivity index (χ0) is 82.9. The van der Waals surface area contributed by atoms with E-state index in [1.165, 1.54) is 6.07 Å². The minimum absolute atomic E-state index is 0.0196. The number of imide groups is 1. The highest BCUT2D eigenvalue weighted by atomic mass is 35.5. The predicted molar refractivity (Wildman–Crippen MR) is 386 cm³/mol. The molecule has 0 bridgehead atoms. The summed E-state index contributed by atoms with van der Waals surface area (Å²) in [5.41, 5.74) is 24.8. The van der Waals surface area contributed by atoms with Crippen molar-refractivity contribution in [2.24, 2.45) is 16.0 Å². The molecule has 0 saturated carbocycles. The van der Waals surface area contributed by atoms with Gasteiger partial charge in [0.2, 0.25) is 20.5 Å². The van der Waals surface area contributed by atoms with Gasteiger partial charge in [-0.25, -0.2) is 31.2 Å². The quantitative estimate of drug-likeness (QED) is 0.00405. The van der Waals surface area contributed by atoms with Gasteiger partial charge in [0, 0.05) is 105 Å². The van der Waals surface area contributed by atoms with Crippen LogP contribution in [0.2, 0.25) is 20.1 Å². The monoisotopic (exact) mass is 1720 g/mol. The van der Waals surface area contributed by atoms with Crippen LogP contribution < -0.4 is 44.1 Å². The van der Waals surface area contributed by atoms with E-state index in [1.54, 1.807) is 0 Å². The fourth-order valence-electron chi connectivity index (χ4n) is 10.6. The lowest BCUT2D eigenvalue weighted by atomic mass is 9.89. The highest BCUT2D eigenvalue weighted by Gasteiger charge is 2.39. The Balaban J connectivity index is 0.000000264. The molecule has 0 unspecified atom stereocenters. The van der Waals surface area contributed by atoms with Gasteiger partial charge in [0.05, 0.1) is 133 Å². The number of carbonyl (C=O) groups is 6. The average molecular weight is 1720 g/mol. The van der Waals surface area contributed by atoms with Crippen molar-refractivity contribution in [2.75, 3.05) is 117 Å². The molecule has 600 valence electrons. The molecule has 0 radical (unpaired) electrons. The van der Waals surface area contributed by atoms with E-state index in [0.717, 1.165) is 54.6 Å². The number of nitrogens with two attached hydrogens (primary N) is 5. The highest BCUT2D eigenvalue weighted by Crippen LogP contribution is 2.51. The van der Waals surface area contributed by atoms with Crippen molar-refractivity contribution in [1.29, 1.82) is 0 Å². The minimum Gasteiger partial charge on any atom is -0.744 e. The molecule has 50 heteroatoms. The molecule has 1 fully saturated rings. The highest BCUT2D eigenvalue weighted by molar-refractivity contribution is 7.87. The first-order chi connectivity index (χ1) is 52.8. The molecule has 4 aromatic carbocycles. The maximum atomic E-state index is 13.1. The summed E-state index contributed by atoms with van der Waals surface area (Å²) in [6.45, 7) is 5.33. The molecule has 0 spiro atoms. The van der Waals surface area contributed by atoms with Gasteiger partial charge in [0.25, 0.3) is 17.7 Å². The van der Waals surface area contributed by atoms with Gasteiger partial charge in [-0.15, -0.1) is 5.06 Å². The van der Waals surface area contributed by atoms with Gasteiger partial charge in [-0.3, -0.25) is 34.3 Å². The molecule has 3 aliphatic heterocycles. The van der Waals surface area contributed by atoms with E-state index in [2.05, 4.69) is 25.4 Å². The smallest absolute Gasteiger partial charge is 0.365 e. The van der Waals surface area contributed by atoms with E-state index in [9.17, 15) is 90.9 Å². The number of halogens is 4. The number of carbonyl (C=O) groups excluding carboxylic acids is 4. The summed E-state index contributed by atoms with van der Waals surface area (Å²) in [6.07, 6.45) is -0.498. The van der Waals surface area contributed by atoms with Gasteiger partial charge in [0.1, 0.15) is 30.0 Å². The van der Waals surface area contributed by atoms with Gasteiger partial charge >= 0.3 is 38.1 Å². The van der Waals surface area contributed by atoms with E-state index >= 15 is 0 Å². The molecule has 15 N–H and O–H groups in total. The van der Waals surface area contributed by atoms with Crippen molar-refractivity contribution in [2.45, 2.75) is 32.4 Å². The lowest BCUT2D eigenvalue weighted by Crippen LogP contribution is -2.47. The number of benzene rings is 6. The van der Waals surface area contributed by atoms with E-state index in [4.69, 9.17) is 128 Å². The number of rotatable bonds is 34. The first kappa shape index (κ1) is 89.2. The van der Waals surface area contributed by atoms with Crippen molar-refractivity contribution in [3.05, 3.63) is 135 Å². The SMILES string of the molecule is Nc1ccc2c(-c3c(Cl)cc(C(=O)ON4C(=O)CCC4=O)c(Cl)c3C(=O)O)c3ccc(=[NH2+])c(S(=O)(=O)O)c-3oc2c1S(=O)(=O)[O-].[N-]=[N+]=NCCOCCOCCOCCN.[N-]=[N+]=NCCOCCOCCOCCNC(=O)c1cc(Cl)c(-c2c3ccc(=[NH2+])c(S(=O)(=O)O)c-3oc3c(S(=O)(=O)[O-])c(N)ccc23)c(C(=O)O)c1Cl. The molecular weight excluding hydrogens is 1660 g/mol. The van der Waals surface area contributed by atoms with Crippen LogP contribution in [0.4, 0.5) is 11.4 Å². The van der Waals surface area contributed by atoms with E-state index in [-0.39, 0.29) is 104 Å². The molecule has 42 nitrogen and oxygen atoms in total. The second kappa shape index (κ2) is 39.0. The number of carboxylic acids is 2. The van der Waals surface area contributed by atoms with Crippen LogP contribution in [-0.4, -0.2) is 208 Å². The maximum Gasteiger partial charge on any atom is 0.365 e. The second-order valence-electron chi connectivity index (χ2n) is 22.4. The molecule has 9 rings (SSSR count). The Morgan fingerprint density at radius 3 is 1.29 bits per heavy atom. The Hall–Kier alpha value is -9.98. The van der Waals surface area contributed by atoms with Crippen molar-refractivity contribution >= 4 is 156 Å². The summed E-state index contributed by atoms with van der Waals surface area (Å²) >= 11 is 26.1. The number of hydroxylamine groups is 2. The summed E-state index contributed by atoms with van der Waals surface area (Å²) < 4.78 is 186. The normalized spacial score (nSPS) is 12.5. The van der Waals surface area contributed by atoms with Gasteiger partial charge < -0.3 is 83.9 Å². The third kappa shape index (κ3) is 21.4. The Morgan fingerprint density at radius 2 is 0.920 bits per heavy atom. The van der Waals surface area contributed by atoms with Gasteiger partial charge in [-0.05, 0) is 59.6 Å². The van der Waals surface area contributed by atoms with Crippen LogP contribution >= 0.6 is 46.4 Å². The number of aromatic carboxylic acids is 2. The van der Waals surface area contributed by atoms with Crippen LogP contribution in [0, 0.1) is 0 Å². The molecule has 4 aromatic rings. The number of amides is 3. The Kier molecular flexibility index (Phi) is 31.1. The molecule has 112 heavy (non-hydrogen) atoms. The van der Waals surface area contributed by atoms with E-state index in [0.29, 0.717) is 52.7 Å². The molecule has 0 atom stereocenters. The number of fused-ring (bicyclic) bond motifs is 4. The number of nitrogens with one attached hydrogen (secondary N) is 1.